The Morgan fingerprint density at radius 1 is 0.903 bits per heavy atom. The van der Waals surface area contributed by atoms with Crippen LogP contribution in [-0.4, -0.2) is 53.7 Å². The molecular formula is C24H26FN5O. The fourth-order valence-corrected chi connectivity index (χ4v) is 3.69. The van der Waals surface area contributed by atoms with E-state index in [0.29, 0.717) is 25.3 Å². The number of benzene rings is 2. The monoisotopic (exact) mass is 419 g/mol. The van der Waals surface area contributed by atoms with Crippen molar-refractivity contribution in [1.29, 1.82) is 0 Å². The number of rotatable bonds is 6. The van der Waals surface area contributed by atoms with Gasteiger partial charge in [-0.05, 0) is 48.4 Å². The standard InChI is InChI=1S/C24H26FN5O/c25-21-9-7-20(8-10-21)22-11-12-23(28-27-22)29-13-4-14-30(16-15-29)24(31)18-26-17-19-5-2-1-3-6-19/h1-3,5-12,26H,4,13-18H2. The predicted molar refractivity (Wildman–Crippen MR) is 119 cm³/mol. The van der Waals surface area contributed by atoms with Gasteiger partial charge in [-0.25, -0.2) is 4.39 Å². The van der Waals surface area contributed by atoms with Gasteiger partial charge in [0.15, 0.2) is 5.82 Å². The number of hydrogen-bond acceptors (Lipinski definition) is 5. The van der Waals surface area contributed by atoms with Crippen LogP contribution in [-0.2, 0) is 11.3 Å². The average molecular weight is 420 g/mol. The summed E-state index contributed by atoms with van der Waals surface area (Å²) in [4.78, 5) is 16.7. The first kappa shape index (κ1) is 20.9. The van der Waals surface area contributed by atoms with Gasteiger partial charge in [0.2, 0.25) is 5.91 Å². The number of carbonyl (C=O) groups is 1. The van der Waals surface area contributed by atoms with Crippen LogP contribution in [0.2, 0.25) is 0 Å². The van der Waals surface area contributed by atoms with Crippen LogP contribution in [0.25, 0.3) is 11.3 Å². The Morgan fingerprint density at radius 2 is 1.71 bits per heavy atom. The highest BCUT2D eigenvalue weighted by Gasteiger charge is 2.20. The van der Waals surface area contributed by atoms with Gasteiger partial charge in [0.1, 0.15) is 5.82 Å². The summed E-state index contributed by atoms with van der Waals surface area (Å²) in [5, 5.41) is 11.9. The van der Waals surface area contributed by atoms with Crippen molar-refractivity contribution < 1.29 is 9.18 Å². The van der Waals surface area contributed by atoms with E-state index in [9.17, 15) is 9.18 Å². The predicted octanol–water partition coefficient (Wildman–Crippen LogP) is 3.11. The molecule has 1 aromatic heterocycles. The highest BCUT2D eigenvalue weighted by Crippen LogP contribution is 2.19. The number of nitrogens with zero attached hydrogens (tertiary/aromatic N) is 4. The minimum Gasteiger partial charge on any atom is -0.353 e. The molecule has 1 aliphatic rings. The lowest BCUT2D eigenvalue weighted by Gasteiger charge is -2.22. The van der Waals surface area contributed by atoms with E-state index >= 15 is 0 Å². The molecule has 0 radical (unpaired) electrons. The normalized spacial score (nSPS) is 14.4. The highest BCUT2D eigenvalue weighted by atomic mass is 19.1. The molecule has 7 heteroatoms. The van der Waals surface area contributed by atoms with Crippen molar-refractivity contribution >= 4 is 11.7 Å². The third-order valence-electron chi connectivity index (χ3n) is 5.41. The Bertz CT molecular complexity index is 979. The Hall–Kier alpha value is -3.32. The molecule has 1 saturated heterocycles. The van der Waals surface area contributed by atoms with Crippen LogP contribution in [0.1, 0.15) is 12.0 Å². The van der Waals surface area contributed by atoms with Gasteiger partial charge in [-0.1, -0.05) is 30.3 Å². The van der Waals surface area contributed by atoms with Crippen molar-refractivity contribution in [3.05, 3.63) is 78.1 Å². The number of halogens is 1. The second kappa shape index (κ2) is 10.1. The van der Waals surface area contributed by atoms with Crippen LogP contribution in [0.15, 0.2) is 66.7 Å². The topological polar surface area (TPSA) is 61.4 Å². The lowest BCUT2D eigenvalue weighted by Crippen LogP contribution is -2.40. The molecule has 1 aliphatic heterocycles. The molecule has 4 rings (SSSR count). The molecule has 2 heterocycles. The second-order valence-electron chi connectivity index (χ2n) is 7.59. The molecular weight excluding hydrogens is 393 g/mol. The first-order valence-corrected chi connectivity index (χ1v) is 10.6. The summed E-state index contributed by atoms with van der Waals surface area (Å²) in [6.07, 6.45) is 0.881. The van der Waals surface area contributed by atoms with Gasteiger partial charge in [0, 0.05) is 38.3 Å². The minimum atomic E-state index is -0.271. The lowest BCUT2D eigenvalue weighted by molar-refractivity contribution is -0.130. The van der Waals surface area contributed by atoms with Crippen molar-refractivity contribution in [2.45, 2.75) is 13.0 Å². The first-order chi connectivity index (χ1) is 15.2. The van der Waals surface area contributed by atoms with E-state index in [1.165, 1.54) is 17.7 Å². The zero-order chi connectivity index (χ0) is 21.5. The zero-order valence-corrected chi connectivity index (χ0v) is 17.4. The van der Waals surface area contributed by atoms with Crippen molar-refractivity contribution in [3.63, 3.8) is 0 Å². The van der Waals surface area contributed by atoms with Gasteiger partial charge in [-0.3, -0.25) is 4.79 Å². The summed E-state index contributed by atoms with van der Waals surface area (Å²) < 4.78 is 13.1. The third kappa shape index (κ3) is 5.64. The van der Waals surface area contributed by atoms with Crippen molar-refractivity contribution in [2.75, 3.05) is 37.6 Å². The largest absolute Gasteiger partial charge is 0.353 e. The fraction of sp³-hybridized carbons (Fsp3) is 0.292. The second-order valence-corrected chi connectivity index (χ2v) is 7.59. The Balaban J connectivity index is 1.29. The first-order valence-electron chi connectivity index (χ1n) is 10.6. The highest BCUT2D eigenvalue weighted by molar-refractivity contribution is 5.78. The maximum atomic E-state index is 13.1. The van der Waals surface area contributed by atoms with Crippen molar-refractivity contribution in [2.24, 2.45) is 0 Å². The molecule has 1 fully saturated rings. The summed E-state index contributed by atoms with van der Waals surface area (Å²) in [5.74, 6) is 0.644. The Labute approximate surface area is 181 Å². The molecule has 160 valence electrons. The van der Waals surface area contributed by atoms with E-state index in [4.69, 9.17) is 0 Å². The smallest absolute Gasteiger partial charge is 0.236 e. The number of carbonyl (C=O) groups excluding carboxylic acids is 1. The van der Waals surface area contributed by atoms with Crippen LogP contribution in [0.3, 0.4) is 0 Å². The van der Waals surface area contributed by atoms with Gasteiger partial charge in [0.05, 0.1) is 12.2 Å². The molecule has 1 amide bonds. The zero-order valence-electron chi connectivity index (χ0n) is 17.4. The van der Waals surface area contributed by atoms with E-state index in [2.05, 4.69) is 20.4 Å². The summed E-state index contributed by atoms with van der Waals surface area (Å²) >= 11 is 0. The molecule has 3 aromatic rings. The molecule has 0 aliphatic carbocycles. The van der Waals surface area contributed by atoms with E-state index < -0.39 is 0 Å². The van der Waals surface area contributed by atoms with E-state index in [0.717, 1.165) is 37.4 Å². The van der Waals surface area contributed by atoms with Crippen LogP contribution < -0.4 is 10.2 Å². The molecule has 0 bridgehead atoms. The fourth-order valence-electron chi connectivity index (χ4n) is 3.69. The van der Waals surface area contributed by atoms with E-state index in [1.807, 2.05) is 47.4 Å². The van der Waals surface area contributed by atoms with Crippen LogP contribution in [0, 0.1) is 5.82 Å². The van der Waals surface area contributed by atoms with Gasteiger partial charge >= 0.3 is 0 Å². The summed E-state index contributed by atoms with van der Waals surface area (Å²) in [6.45, 7) is 3.96. The molecule has 31 heavy (non-hydrogen) atoms. The summed E-state index contributed by atoms with van der Waals surface area (Å²) in [7, 11) is 0. The molecule has 0 saturated carbocycles. The minimum absolute atomic E-state index is 0.121. The van der Waals surface area contributed by atoms with Gasteiger partial charge in [0.25, 0.3) is 0 Å². The number of amides is 1. The Morgan fingerprint density at radius 3 is 2.45 bits per heavy atom. The van der Waals surface area contributed by atoms with E-state index in [-0.39, 0.29) is 11.7 Å². The van der Waals surface area contributed by atoms with Crippen LogP contribution in [0.5, 0.6) is 0 Å². The van der Waals surface area contributed by atoms with Crippen LogP contribution in [0.4, 0.5) is 10.2 Å². The average Bonchev–Trinajstić information content (AvgIpc) is 3.07. The molecule has 2 aromatic carbocycles. The maximum Gasteiger partial charge on any atom is 0.236 e. The van der Waals surface area contributed by atoms with Gasteiger partial charge in [-0.2, -0.15) is 0 Å². The number of hydrogen-bond donors (Lipinski definition) is 1. The number of aromatic nitrogens is 2. The number of anilines is 1. The molecule has 0 unspecified atom stereocenters. The SMILES string of the molecule is O=C(CNCc1ccccc1)N1CCCN(c2ccc(-c3ccc(F)cc3)nn2)CC1. The lowest BCUT2D eigenvalue weighted by atomic mass is 10.1. The van der Waals surface area contributed by atoms with Crippen molar-refractivity contribution in [1.82, 2.24) is 20.4 Å². The quantitative estimate of drug-likeness (QED) is 0.665. The third-order valence-corrected chi connectivity index (χ3v) is 5.41. The molecule has 6 nitrogen and oxygen atoms in total. The number of nitrogens with one attached hydrogen (secondary N) is 1. The van der Waals surface area contributed by atoms with Gasteiger partial charge < -0.3 is 15.1 Å². The summed E-state index contributed by atoms with van der Waals surface area (Å²) in [5.41, 5.74) is 2.70. The summed E-state index contributed by atoms with van der Waals surface area (Å²) in [6, 6.07) is 20.1. The maximum absolute atomic E-state index is 13.1. The Kier molecular flexibility index (Phi) is 6.84. The van der Waals surface area contributed by atoms with E-state index in [1.54, 1.807) is 12.1 Å². The molecule has 0 spiro atoms. The molecule has 0 atom stereocenters. The molecule has 1 N–H and O–H groups in total. The van der Waals surface area contributed by atoms with Gasteiger partial charge in [-0.15, -0.1) is 10.2 Å². The van der Waals surface area contributed by atoms with Crippen LogP contribution >= 0.6 is 0 Å². The van der Waals surface area contributed by atoms with Crippen molar-refractivity contribution in [3.8, 4) is 11.3 Å².